The van der Waals surface area contributed by atoms with E-state index in [4.69, 9.17) is 17.3 Å². The number of nitrogens with two attached hydrogens (primary N) is 1. The van der Waals surface area contributed by atoms with E-state index in [0.29, 0.717) is 15.0 Å². The van der Waals surface area contributed by atoms with Crippen molar-refractivity contribution in [2.75, 3.05) is 5.73 Å². The van der Waals surface area contributed by atoms with Crippen LogP contribution in [0.25, 0.3) is 16.7 Å². The van der Waals surface area contributed by atoms with E-state index >= 15 is 0 Å². The van der Waals surface area contributed by atoms with E-state index in [1.807, 2.05) is 6.07 Å². The Morgan fingerprint density at radius 2 is 1.95 bits per heavy atom. The summed E-state index contributed by atoms with van der Waals surface area (Å²) in [4.78, 5) is 4.06. The molecule has 2 N–H and O–H groups in total. The first-order chi connectivity index (χ1) is 9.09. The summed E-state index contributed by atoms with van der Waals surface area (Å²) in [6, 6.07) is 10.1. The van der Waals surface area contributed by atoms with Crippen molar-refractivity contribution in [2.24, 2.45) is 0 Å². The van der Waals surface area contributed by atoms with Crippen molar-refractivity contribution in [1.82, 2.24) is 9.55 Å². The summed E-state index contributed by atoms with van der Waals surface area (Å²) in [6.45, 7) is 0. The van der Waals surface area contributed by atoms with Crippen molar-refractivity contribution in [3.63, 3.8) is 0 Å². The quantitative estimate of drug-likeness (QED) is 0.723. The molecule has 0 amide bonds. The lowest BCUT2D eigenvalue weighted by atomic mass is 10.2. The van der Waals surface area contributed by atoms with E-state index in [0.717, 1.165) is 5.69 Å². The van der Waals surface area contributed by atoms with Gasteiger partial charge in [0.15, 0.2) is 5.82 Å². The Kier molecular flexibility index (Phi) is 2.95. The van der Waals surface area contributed by atoms with Gasteiger partial charge in [0.1, 0.15) is 5.52 Å². The number of imidazole rings is 1. The van der Waals surface area contributed by atoms with Crippen molar-refractivity contribution < 1.29 is 4.39 Å². The number of anilines is 1. The van der Waals surface area contributed by atoms with Gasteiger partial charge in [0.2, 0.25) is 5.95 Å². The molecule has 19 heavy (non-hydrogen) atoms. The summed E-state index contributed by atoms with van der Waals surface area (Å²) in [5.41, 5.74) is 7.46. The first kappa shape index (κ1) is 12.4. The summed E-state index contributed by atoms with van der Waals surface area (Å²) in [5.74, 6) is -0.191. The number of nitrogens with zero attached hydrogens (tertiary/aromatic N) is 2. The number of aromatic nitrogens is 2. The number of hydrogen-bond acceptors (Lipinski definition) is 2. The molecule has 3 rings (SSSR count). The molecule has 6 heteroatoms. The lowest BCUT2D eigenvalue weighted by Crippen LogP contribution is -2.01. The molecule has 3 aromatic rings. The fourth-order valence-corrected chi connectivity index (χ4v) is 2.61. The Bertz CT molecular complexity index is 785. The van der Waals surface area contributed by atoms with Gasteiger partial charge in [-0.25, -0.2) is 9.37 Å². The fourth-order valence-electron chi connectivity index (χ4n) is 2.00. The molecule has 96 valence electrons. The van der Waals surface area contributed by atoms with Crippen LogP contribution in [0.15, 0.2) is 40.9 Å². The number of fused-ring (bicyclic) bond motifs is 1. The smallest absolute Gasteiger partial charge is 0.206 e. The van der Waals surface area contributed by atoms with E-state index < -0.39 is 5.82 Å². The highest BCUT2D eigenvalue weighted by molar-refractivity contribution is 9.10. The minimum atomic E-state index is -0.402. The molecular weight excluding hydrogens is 333 g/mol. The van der Waals surface area contributed by atoms with Crippen LogP contribution in [0.4, 0.5) is 10.3 Å². The van der Waals surface area contributed by atoms with E-state index in [2.05, 4.69) is 20.9 Å². The van der Waals surface area contributed by atoms with Crippen LogP contribution in [-0.4, -0.2) is 9.55 Å². The Morgan fingerprint density at radius 3 is 2.74 bits per heavy atom. The molecule has 1 heterocycles. The number of nitrogen functional groups attached to an aromatic ring is 1. The minimum absolute atomic E-state index is 0.211. The lowest BCUT2D eigenvalue weighted by molar-refractivity contribution is 0.637. The van der Waals surface area contributed by atoms with Gasteiger partial charge in [0.25, 0.3) is 0 Å². The first-order valence-corrected chi connectivity index (χ1v) is 6.63. The van der Waals surface area contributed by atoms with Crippen LogP contribution in [0.5, 0.6) is 0 Å². The second kappa shape index (κ2) is 4.51. The highest BCUT2D eigenvalue weighted by Crippen LogP contribution is 2.33. The molecule has 0 saturated carbocycles. The monoisotopic (exact) mass is 339 g/mol. The molecule has 0 saturated heterocycles. The summed E-state index contributed by atoms with van der Waals surface area (Å²) in [6.07, 6.45) is 0. The summed E-state index contributed by atoms with van der Waals surface area (Å²) >= 11 is 9.48. The topological polar surface area (TPSA) is 43.8 Å². The van der Waals surface area contributed by atoms with Crippen LogP contribution < -0.4 is 5.73 Å². The molecule has 0 atom stereocenters. The molecule has 0 radical (unpaired) electrons. The largest absolute Gasteiger partial charge is 0.369 e. The number of halogens is 3. The van der Waals surface area contributed by atoms with E-state index in [9.17, 15) is 4.39 Å². The Morgan fingerprint density at radius 1 is 1.21 bits per heavy atom. The number of rotatable bonds is 1. The van der Waals surface area contributed by atoms with Crippen LogP contribution >= 0.6 is 27.5 Å². The standard InChI is InChI=1S/C13H8BrClFN3/c14-11-7(15)3-1-5-9(11)19-10-6-2-4-8(16)12(10)18-13(19)17/h1-6H,(H2,17,18). The molecular formula is C13H8BrClFN3. The van der Waals surface area contributed by atoms with Gasteiger partial charge in [0, 0.05) is 0 Å². The molecule has 0 fully saturated rings. The molecule has 3 nitrogen and oxygen atoms in total. The Hall–Kier alpha value is -1.59. The van der Waals surface area contributed by atoms with Crippen LogP contribution in [0.3, 0.4) is 0 Å². The maximum absolute atomic E-state index is 13.7. The van der Waals surface area contributed by atoms with Gasteiger partial charge in [-0.05, 0) is 40.2 Å². The normalized spacial score (nSPS) is 11.1. The number of benzene rings is 2. The minimum Gasteiger partial charge on any atom is -0.369 e. The number of para-hydroxylation sites is 1. The Balaban J connectivity index is 2.40. The molecule has 0 aliphatic heterocycles. The first-order valence-electron chi connectivity index (χ1n) is 5.46. The van der Waals surface area contributed by atoms with Gasteiger partial charge >= 0.3 is 0 Å². The van der Waals surface area contributed by atoms with E-state index in [1.165, 1.54) is 6.07 Å². The van der Waals surface area contributed by atoms with E-state index in [1.54, 1.807) is 28.8 Å². The van der Waals surface area contributed by atoms with Crippen molar-refractivity contribution in [3.05, 3.63) is 51.7 Å². The van der Waals surface area contributed by atoms with Crippen molar-refractivity contribution in [3.8, 4) is 5.69 Å². The zero-order valence-electron chi connectivity index (χ0n) is 9.57. The van der Waals surface area contributed by atoms with Gasteiger partial charge in [-0.1, -0.05) is 23.7 Å². The molecule has 2 aromatic carbocycles. The zero-order valence-corrected chi connectivity index (χ0v) is 11.9. The highest BCUT2D eigenvalue weighted by atomic mass is 79.9. The summed E-state index contributed by atoms with van der Waals surface area (Å²) in [5, 5.41) is 0.551. The lowest BCUT2D eigenvalue weighted by Gasteiger charge is -2.09. The van der Waals surface area contributed by atoms with Gasteiger partial charge < -0.3 is 5.73 Å². The highest BCUT2D eigenvalue weighted by Gasteiger charge is 2.15. The molecule has 0 aliphatic rings. The van der Waals surface area contributed by atoms with Crippen LogP contribution in [0.2, 0.25) is 5.02 Å². The zero-order chi connectivity index (χ0) is 13.6. The fraction of sp³-hybridized carbons (Fsp3) is 0. The van der Waals surface area contributed by atoms with Crippen LogP contribution in [-0.2, 0) is 0 Å². The summed E-state index contributed by atoms with van der Waals surface area (Å²) < 4.78 is 16.1. The summed E-state index contributed by atoms with van der Waals surface area (Å²) in [7, 11) is 0. The van der Waals surface area contributed by atoms with Gasteiger partial charge in [0.05, 0.1) is 20.7 Å². The predicted octanol–water partition coefficient (Wildman–Crippen LogP) is 4.16. The van der Waals surface area contributed by atoms with E-state index in [-0.39, 0.29) is 11.5 Å². The van der Waals surface area contributed by atoms with Crippen molar-refractivity contribution in [2.45, 2.75) is 0 Å². The van der Waals surface area contributed by atoms with Crippen LogP contribution in [0, 0.1) is 5.82 Å². The molecule has 0 unspecified atom stereocenters. The van der Waals surface area contributed by atoms with Crippen LogP contribution in [0.1, 0.15) is 0 Å². The molecule has 0 bridgehead atoms. The molecule has 0 spiro atoms. The second-order valence-electron chi connectivity index (χ2n) is 3.99. The maximum atomic E-state index is 13.7. The Labute approximate surface area is 121 Å². The second-order valence-corrected chi connectivity index (χ2v) is 5.19. The van der Waals surface area contributed by atoms with Crippen molar-refractivity contribution >= 4 is 44.5 Å². The third-order valence-electron chi connectivity index (χ3n) is 2.83. The van der Waals surface area contributed by atoms with Gasteiger partial charge in [-0.15, -0.1) is 0 Å². The van der Waals surface area contributed by atoms with Gasteiger partial charge in [-0.2, -0.15) is 0 Å². The predicted molar refractivity (Wildman–Crippen MR) is 78.2 cm³/mol. The average molecular weight is 341 g/mol. The maximum Gasteiger partial charge on any atom is 0.206 e. The number of hydrogen-bond donors (Lipinski definition) is 1. The third kappa shape index (κ3) is 1.89. The third-order valence-corrected chi connectivity index (χ3v) is 4.21. The molecule has 1 aromatic heterocycles. The van der Waals surface area contributed by atoms with Crippen molar-refractivity contribution in [1.29, 1.82) is 0 Å². The average Bonchev–Trinajstić information content (AvgIpc) is 2.71. The molecule has 0 aliphatic carbocycles. The SMILES string of the molecule is Nc1nc2c(F)cccc2n1-c1cccc(Cl)c1Br. The van der Waals surface area contributed by atoms with Gasteiger partial charge in [-0.3, -0.25) is 4.57 Å².